The van der Waals surface area contributed by atoms with Crippen molar-refractivity contribution in [2.45, 2.75) is 159 Å². The molecule has 0 spiro atoms. The van der Waals surface area contributed by atoms with E-state index in [1.165, 1.54) is 50.7 Å². The van der Waals surface area contributed by atoms with Gasteiger partial charge in [0.05, 0.1) is 6.61 Å². The molecule has 4 N–H and O–H groups in total. The molecule has 0 aromatic heterocycles. The van der Waals surface area contributed by atoms with Gasteiger partial charge in [-0.1, -0.05) is 120 Å². The van der Waals surface area contributed by atoms with Crippen LogP contribution in [0.2, 0.25) is 0 Å². The zero-order valence-corrected chi connectivity index (χ0v) is 36.1. The Balaban J connectivity index is -0.0000000891. The molecule has 0 bridgehead atoms. The summed E-state index contributed by atoms with van der Waals surface area (Å²) in [5.41, 5.74) is 0.566. The van der Waals surface area contributed by atoms with Gasteiger partial charge in [-0.25, -0.2) is 44.0 Å². The van der Waals surface area contributed by atoms with Crippen LogP contribution in [0.3, 0.4) is 0 Å². The third kappa shape index (κ3) is 90.9. The summed E-state index contributed by atoms with van der Waals surface area (Å²) < 4.78 is 8.34. The van der Waals surface area contributed by atoms with Gasteiger partial charge < -0.3 is 36.1 Å². The number of allylic oxidation sites excluding steroid dienone is 2. The van der Waals surface area contributed by atoms with E-state index in [1.807, 2.05) is 0 Å². The van der Waals surface area contributed by atoms with Crippen molar-refractivity contribution in [2.24, 2.45) is 21.7 Å². The summed E-state index contributed by atoms with van der Waals surface area (Å²) in [5.74, 6) is 0. The number of aliphatic hydroxyl groups is 3. The van der Waals surface area contributed by atoms with Crippen LogP contribution in [0.5, 0.6) is 0 Å². The average Bonchev–Trinajstić information content (AvgIpc) is 2.99. The quantitative estimate of drug-likeness (QED) is 0.0426. The van der Waals surface area contributed by atoms with Gasteiger partial charge in [0.15, 0.2) is 0 Å². The van der Waals surface area contributed by atoms with Crippen LogP contribution in [0, 0.1) is 56.3 Å². The second kappa shape index (κ2) is 46.7. The van der Waals surface area contributed by atoms with Crippen molar-refractivity contribution >= 4 is 0 Å². The van der Waals surface area contributed by atoms with Crippen molar-refractivity contribution in [3.05, 3.63) is 59.9 Å². The van der Waals surface area contributed by atoms with Crippen molar-refractivity contribution in [2.75, 3.05) is 26.4 Å². The Morgan fingerprint density at radius 2 is 0.833 bits per heavy atom. The number of hydrogen-bond donors (Lipinski definition) is 4. The summed E-state index contributed by atoms with van der Waals surface area (Å²) in [6.45, 7) is 44.5. The topological polar surface area (TPSA) is 107 Å². The Morgan fingerprint density at radius 3 is 1.06 bits per heavy atom. The second-order valence-electron chi connectivity index (χ2n) is 15.4. The van der Waals surface area contributed by atoms with Gasteiger partial charge in [-0.3, -0.25) is 5.26 Å². The molecule has 0 rings (SSSR count). The summed E-state index contributed by atoms with van der Waals surface area (Å²) in [6.07, 6.45) is 20.1. The molecule has 0 aromatic rings. The van der Waals surface area contributed by atoms with Crippen LogP contribution in [-0.4, -0.2) is 47.0 Å². The molecule has 0 aromatic carbocycles. The van der Waals surface area contributed by atoms with Crippen molar-refractivity contribution < 1.29 is 53.0 Å². The minimum absolute atomic E-state index is 0.0635. The molecule has 6 nitrogen and oxygen atoms in total. The molecule has 7 heteroatoms. The first-order chi connectivity index (χ1) is 22.2. The normalized spacial score (nSPS) is 10.6. The van der Waals surface area contributed by atoms with E-state index < -0.39 is 0 Å². The Morgan fingerprint density at radius 1 is 0.583 bits per heavy atom. The zero-order chi connectivity index (χ0) is 39.6. The van der Waals surface area contributed by atoms with Crippen LogP contribution in [0.1, 0.15) is 159 Å². The first kappa shape index (κ1) is 62.8. The van der Waals surface area contributed by atoms with Crippen LogP contribution in [0.15, 0.2) is 25.3 Å². The molecule has 48 heavy (non-hydrogen) atoms. The van der Waals surface area contributed by atoms with E-state index in [9.17, 15) is 0 Å². The number of unbranched alkanes of at least 4 members (excludes halogenated alkanes) is 9. The molecule has 0 aliphatic rings. The monoisotopic (exact) mass is 764 g/mol. The molecule has 0 aliphatic heterocycles. The fourth-order valence-electron chi connectivity index (χ4n) is 3.39. The van der Waals surface area contributed by atoms with Crippen molar-refractivity contribution in [3.8, 4) is 0 Å². The van der Waals surface area contributed by atoms with E-state index in [4.69, 9.17) is 23.4 Å². The third-order valence-corrected chi connectivity index (χ3v) is 6.28. The molecule has 0 radical (unpaired) electrons. The molecular weight excluding hydrogens is 680 g/mol. The molecule has 0 unspecified atom stereocenters. The number of rotatable bonds is 20. The van der Waals surface area contributed by atoms with Gasteiger partial charge in [0, 0.05) is 19.8 Å². The van der Waals surface area contributed by atoms with Crippen LogP contribution >= 0.6 is 0 Å². The van der Waals surface area contributed by atoms with Crippen LogP contribution < -0.4 is 0 Å². The van der Waals surface area contributed by atoms with Gasteiger partial charge in [-0.2, -0.15) is 18.3 Å². The number of aliphatic hydroxyl groups excluding tert-OH is 3. The first-order valence-electron chi connectivity index (χ1n) is 17.7. The average molecular weight is 765 g/mol. The molecule has 0 fully saturated rings. The maximum absolute atomic E-state index is 8.94. The SMILES string of the molecule is C=C[CH2-].C=C[CH2-].CC(C)(CCCCCCO)COO.[CH2-]C(C)(C)C.[CH2-]CCCCCC(C)(C)CO.[CH2-]CCCCCC(C)(C)CO.[O]=[Zr]. The summed E-state index contributed by atoms with van der Waals surface area (Å²) in [5, 5.41) is 34.7. The Kier molecular flexibility index (Phi) is 61.1. The molecule has 294 valence electrons. The second-order valence-corrected chi connectivity index (χ2v) is 15.4. The Labute approximate surface area is 318 Å². The van der Waals surface area contributed by atoms with E-state index in [2.05, 4.69) is 115 Å². The van der Waals surface area contributed by atoms with Gasteiger partial charge in [0.25, 0.3) is 0 Å². The zero-order valence-electron chi connectivity index (χ0n) is 33.6. The Bertz CT molecular complexity index is 550. The molecule has 0 saturated heterocycles. The van der Waals surface area contributed by atoms with Crippen molar-refractivity contribution in [1.82, 2.24) is 0 Å². The summed E-state index contributed by atoms with van der Waals surface area (Å²) >= 11 is 0.300. The summed E-state index contributed by atoms with van der Waals surface area (Å²) in [7, 11) is 0. The first-order valence-corrected chi connectivity index (χ1v) is 18.7. The number of hydrogen-bond acceptors (Lipinski definition) is 6. The molecule has 0 aliphatic carbocycles. The van der Waals surface area contributed by atoms with E-state index in [0.29, 0.717) is 51.2 Å². The van der Waals surface area contributed by atoms with Gasteiger partial charge in [-0.15, -0.1) is 0 Å². The standard InChI is InChI=1S/C10H22O3.2C10H21O.C5H11.2C3H5.O.Zr/c1-10(2,9-13-12)7-5-3-4-6-8-11;2*1-4-5-6-7-8-10(2,3)9-11;1-5(2,3)4;2*1-3-2;;/h11-12H,3-9H2,1-2H3;2*11H,1,4-9H2,2-3H3;1H2,2-4H3;2*3H,1-2H2;;/q;5*-1;;. The van der Waals surface area contributed by atoms with Crippen molar-refractivity contribution in [1.29, 1.82) is 0 Å². The third-order valence-electron chi connectivity index (χ3n) is 6.28. The Hall–Kier alpha value is -0.297. The van der Waals surface area contributed by atoms with E-state index in [-0.39, 0.29) is 21.7 Å². The van der Waals surface area contributed by atoms with Gasteiger partial charge in [0.1, 0.15) is 0 Å². The molecular formula is C41H85O6Zr-5. The molecule has 0 atom stereocenters. The maximum atomic E-state index is 8.94. The van der Waals surface area contributed by atoms with Gasteiger partial charge >= 0.3 is 27.5 Å². The molecule has 0 saturated carbocycles. The predicted molar refractivity (Wildman–Crippen MR) is 208 cm³/mol. The van der Waals surface area contributed by atoms with Crippen molar-refractivity contribution in [3.63, 3.8) is 0 Å². The fourth-order valence-corrected chi connectivity index (χ4v) is 3.39. The van der Waals surface area contributed by atoms with Crippen LogP contribution in [0.4, 0.5) is 0 Å². The predicted octanol–water partition coefficient (Wildman–Crippen LogP) is 11.8. The van der Waals surface area contributed by atoms with E-state index in [0.717, 1.165) is 57.8 Å². The van der Waals surface area contributed by atoms with E-state index in [1.54, 1.807) is 0 Å². The van der Waals surface area contributed by atoms with Gasteiger partial charge in [0.2, 0.25) is 0 Å². The molecule has 0 heterocycles. The van der Waals surface area contributed by atoms with Gasteiger partial charge in [-0.05, 0) is 41.9 Å². The van der Waals surface area contributed by atoms with E-state index >= 15 is 0 Å². The fraction of sp³-hybridized carbons (Fsp3) is 0.780. The van der Waals surface area contributed by atoms with Crippen LogP contribution in [0.25, 0.3) is 0 Å². The summed E-state index contributed by atoms with van der Waals surface area (Å²) in [6, 6.07) is 0. The minimum atomic E-state index is 0.0635. The summed E-state index contributed by atoms with van der Waals surface area (Å²) in [4.78, 5) is 4.14. The molecule has 0 amide bonds. The van der Waals surface area contributed by atoms with Crippen LogP contribution in [-0.2, 0) is 32.4 Å².